The summed E-state index contributed by atoms with van der Waals surface area (Å²) in [4.78, 5) is 4.69. The Morgan fingerprint density at radius 1 is 0.905 bits per heavy atom. The Labute approximate surface area is 133 Å². The quantitative estimate of drug-likeness (QED) is 0.636. The fourth-order valence-electron chi connectivity index (χ4n) is 2.27. The van der Waals surface area contributed by atoms with E-state index < -0.39 is 0 Å². The lowest BCUT2D eigenvalue weighted by Crippen LogP contribution is -1.97. The van der Waals surface area contributed by atoms with Gasteiger partial charge in [0.25, 0.3) is 0 Å². The lowest BCUT2D eigenvalue weighted by atomic mass is 10.1. The predicted octanol–water partition coefficient (Wildman–Crippen LogP) is 5.90. The Morgan fingerprint density at radius 3 is 2.33 bits per heavy atom. The van der Waals surface area contributed by atoms with Crippen molar-refractivity contribution in [1.82, 2.24) is 4.98 Å². The number of rotatable bonds is 2. The Morgan fingerprint density at radius 2 is 1.62 bits per heavy atom. The third kappa shape index (κ3) is 3.12. The second-order valence-electron chi connectivity index (χ2n) is 5.13. The number of pyridine rings is 1. The van der Waals surface area contributed by atoms with Gasteiger partial charge in [-0.2, -0.15) is 0 Å². The highest BCUT2D eigenvalue weighted by molar-refractivity contribution is 6.35. The summed E-state index contributed by atoms with van der Waals surface area (Å²) < 4.78 is 0. The molecule has 0 saturated heterocycles. The lowest BCUT2D eigenvalue weighted by Gasteiger charge is -2.11. The van der Waals surface area contributed by atoms with E-state index >= 15 is 0 Å². The van der Waals surface area contributed by atoms with Gasteiger partial charge in [-0.05, 0) is 55.3 Å². The fraction of sp³-hybridized carbons (Fsp3) is 0.118. The number of hydrogen-bond donors (Lipinski definition) is 1. The van der Waals surface area contributed by atoms with Crippen molar-refractivity contribution in [2.24, 2.45) is 0 Å². The molecule has 2 nitrogen and oxygen atoms in total. The first-order valence-corrected chi connectivity index (χ1v) is 7.38. The molecular formula is C17H14Cl2N2. The van der Waals surface area contributed by atoms with Crippen LogP contribution in [0.25, 0.3) is 10.9 Å². The van der Waals surface area contributed by atoms with Crippen molar-refractivity contribution in [3.63, 3.8) is 0 Å². The number of benzene rings is 2. The van der Waals surface area contributed by atoms with Gasteiger partial charge in [0.1, 0.15) is 5.82 Å². The average molecular weight is 317 g/mol. The molecular weight excluding hydrogens is 303 g/mol. The number of nitrogens with one attached hydrogen (secondary N) is 1. The van der Waals surface area contributed by atoms with Gasteiger partial charge in [0.15, 0.2) is 0 Å². The summed E-state index contributed by atoms with van der Waals surface area (Å²) in [7, 11) is 0. The van der Waals surface area contributed by atoms with Gasteiger partial charge in [0.2, 0.25) is 0 Å². The first-order valence-electron chi connectivity index (χ1n) is 6.62. The molecule has 1 heterocycles. The van der Waals surface area contributed by atoms with Gasteiger partial charge >= 0.3 is 0 Å². The van der Waals surface area contributed by atoms with E-state index in [-0.39, 0.29) is 0 Å². The molecule has 0 bridgehead atoms. The van der Waals surface area contributed by atoms with Crippen LogP contribution in [-0.4, -0.2) is 4.98 Å². The SMILES string of the molecule is Cc1ccc2cc(C)c(Nc3cc(Cl)cc(Cl)c3)nc2c1. The topological polar surface area (TPSA) is 24.9 Å². The smallest absolute Gasteiger partial charge is 0.134 e. The summed E-state index contributed by atoms with van der Waals surface area (Å²) >= 11 is 12.1. The van der Waals surface area contributed by atoms with E-state index in [4.69, 9.17) is 28.2 Å². The second kappa shape index (κ2) is 5.55. The van der Waals surface area contributed by atoms with E-state index in [1.165, 1.54) is 5.56 Å². The number of halogens is 2. The lowest BCUT2D eigenvalue weighted by molar-refractivity contribution is 1.30. The molecule has 1 aromatic heterocycles. The van der Waals surface area contributed by atoms with Gasteiger partial charge in [0.05, 0.1) is 5.52 Å². The number of nitrogens with zero attached hydrogens (tertiary/aromatic N) is 1. The van der Waals surface area contributed by atoms with Crippen LogP contribution in [0.3, 0.4) is 0 Å². The Hall–Kier alpha value is -1.77. The number of aromatic nitrogens is 1. The van der Waals surface area contributed by atoms with Crippen molar-refractivity contribution in [2.45, 2.75) is 13.8 Å². The minimum Gasteiger partial charge on any atom is -0.340 e. The van der Waals surface area contributed by atoms with E-state index in [1.54, 1.807) is 6.07 Å². The molecule has 0 aliphatic heterocycles. The largest absolute Gasteiger partial charge is 0.340 e. The van der Waals surface area contributed by atoms with Gasteiger partial charge in [-0.15, -0.1) is 0 Å². The maximum absolute atomic E-state index is 6.03. The zero-order valence-corrected chi connectivity index (χ0v) is 13.3. The Kier molecular flexibility index (Phi) is 3.75. The molecule has 0 saturated carbocycles. The monoisotopic (exact) mass is 316 g/mol. The zero-order valence-electron chi connectivity index (χ0n) is 11.7. The highest BCUT2D eigenvalue weighted by Crippen LogP contribution is 2.27. The number of hydrogen-bond acceptors (Lipinski definition) is 2. The summed E-state index contributed by atoms with van der Waals surface area (Å²) in [5, 5.41) is 5.61. The molecule has 0 aliphatic carbocycles. The Balaban J connectivity index is 2.05. The van der Waals surface area contributed by atoms with Crippen molar-refractivity contribution >= 4 is 45.6 Å². The normalized spacial score (nSPS) is 10.9. The van der Waals surface area contributed by atoms with E-state index in [9.17, 15) is 0 Å². The molecule has 1 N–H and O–H groups in total. The summed E-state index contributed by atoms with van der Waals surface area (Å²) in [6.45, 7) is 4.09. The Bertz CT molecular complexity index is 808. The number of aryl methyl sites for hydroxylation is 2. The van der Waals surface area contributed by atoms with Crippen molar-refractivity contribution in [3.8, 4) is 0 Å². The van der Waals surface area contributed by atoms with Crippen LogP contribution >= 0.6 is 23.2 Å². The van der Waals surface area contributed by atoms with Crippen LogP contribution in [-0.2, 0) is 0 Å². The summed E-state index contributed by atoms with van der Waals surface area (Å²) in [6.07, 6.45) is 0. The maximum Gasteiger partial charge on any atom is 0.134 e. The molecule has 0 radical (unpaired) electrons. The van der Waals surface area contributed by atoms with Crippen molar-refractivity contribution in [1.29, 1.82) is 0 Å². The van der Waals surface area contributed by atoms with E-state index in [0.717, 1.165) is 28.0 Å². The standard InChI is InChI=1S/C17H14Cl2N2/c1-10-3-4-12-6-11(2)17(21-16(12)5-10)20-15-8-13(18)7-14(19)9-15/h3-9H,1-2H3,(H,20,21). The third-order valence-corrected chi connectivity index (χ3v) is 3.73. The first-order chi connectivity index (χ1) is 10.0. The van der Waals surface area contributed by atoms with Gasteiger partial charge in [-0.25, -0.2) is 4.98 Å². The summed E-state index contributed by atoms with van der Waals surface area (Å²) in [6, 6.07) is 13.7. The van der Waals surface area contributed by atoms with Gasteiger partial charge in [0, 0.05) is 21.1 Å². The second-order valence-corrected chi connectivity index (χ2v) is 6.01. The van der Waals surface area contributed by atoms with Crippen LogP contribution in [0.15, 0.2) is 42.5 Å². The molecule has 2 aromatic carbocycles. The van der Waals surface area contributed by atoms with Gasteiger partial charge < -0.3 is 5.32 Å². The molecule has 3 rings (SSSR count). The molecule has 0 spiro atoms. The maximum atomic E-state index is 6.03. The molecule has 0 atom stereocenters. The van der Waals surface area contributed by atoms with E-state index in [0.29, 0.717) is 10.0 Å². The molecule has 21 heavy (non-hydrogen) atoms. The van der Waals surface area contributed by atoms with Crippen LogP contribution < -0.4 is 5.32 Å². The number of anilines is 2. The summed E-state index contributed by atoms with van der Waals surface area (Å²) in [5.41, 5.74) is 4.06. The average Bonchev–Trinajstić information content (AvgIpc) is 2.39. The third-order valence-electron chi connectivity index (χ3n) is 3.29. The van der Waals surface area contributed by atoms with E-state index in [2.05, 4.69) is 36.5 Å². The fourth-order valence-corrected chi connectivity index (χ4v) is 2.80. The highest BCUT2D eigenvalue weighted by Gasteiger charge is 2.06. The molecule has 106 valence electrons. The van der Waals surface area contributed by atoms with Gasteiger partial charge in [-0.1, -0.05) is 35.3 Å². The van der Waals surface area contributed by atoms with Crippen LogP contribution in [0.2, 0.25) is 10.0 Å². The minimum atomic E-state index is 0.597. The molecule has 0 fully saturated rings. The van der Waals surface area contributed by atoms with Crippen LogP contribution in [0.1, 0.15) is 11.1 Å². The van der Waals surface area contributed by atoms with Crippen LogP contribution in [0.5, 0.6) is 0 Å². The van der Waals surface area contributed by atoms with Crippen molar-refractivity contribution in [3.05, 3.63) is 63.6 Å². The number of fused-ring (bicyclic) bond motifs is 1. The van der Waals surface area contributed by atoms with Crippen LogP contribution in [0.4, 0.5) is 11.5 Å². The highest BCUT2D eigenvalue weighted by atomic mass is 35.5. The zero-order chi connectivity index (χ0) is 15.0. The van der Waals surface area contributed by atoms with Crippen molar-refractivity contribution in [2.75, 3.05) is 5.32 Å². The van der Waals surface area contributed by atoms with E-state index in [1.807, 2.05) is 19.1 Å². The summed E-state index contributed by atoms with van der Waals surface area (Å²) in [5.74, 6) is 0.812. The van der Waals surface area contributed by atoms with Crippen molar-refractivity contribution < 1.29 is 0 Å². The molecule has 0 amide bonds. The molecule has 0 unspecified atom stereocenters. The molecule has 3 aromatic rings. The van der Waals surface area contributed by atoms with Crippen LogP contribution in [0, 0.1) is 13.8 Å². The molecule has 0 aliphatic rings. The molecule has 4 heteroatoms. The predicted molar refractivity (Wildman–Crippen MR) is 91.0 cm³/mol. The van der Waals surface area contributed by atoms with Gasteiger partial charge in [-0.3, -0.25) is 0 Å². The minimum absolute atomic E-state index is 0.597. The first kappa shape index (κ1) is 14.2.